The highest BCUT2D eigenvalue weighted by atomic mass is 19.2. The number of hydrogen-bond acceptors (Lipinski definition) is 6. The number of piperidine rings is 1. The minimum Gasteiger partial charge on any atom is -0.481 e. The number of carbonyl (C=O) groups excluding carboxylic acids is 3. The molecule has 1 fully saturated rings. The summed E-state index contributed by atoms with van der Waals surface area (Å²) >= 11 is 0. The van der Waals surface area contributed by atoms with E-state index in [2.05, 4.69) is 23.1 Å². The molecule has 9 nitrogen and oxygen atoms in total. The lowest BCUT2D eigenvalue weighted by atomic mass is 9.84. The van der Waals surface area contributed by atoms with Gasteiger partial charge < -0.3 is 24.8 Å². The Morgan fingerprint density at radius 1 is 1.07 bits per heavy atom. The van der Waals surface area contributed by atoms with E-state index in [9.17, 15) is 41.8 Å². The molecule has 2 aliphatic rings. The van der Waals surface area contributed by atoms with Gasteiger partial charge in [0.15, 0.2) is 23.2 Å². The second kappa shape index (κ2) is 13.8. The summed E-state index contributed by atoms with van der Waals surface area (Å²) < 4.78 is 64.9. The highest BCUT2D eigenvalue weighted by Crippen LogP contribution is 2.31. The summed E-state index contributed by atoms with van der Waals surface area (Å²) in [6.45, 7) is 5.41. The second-order valence-electron chi connectivity index (χ2n) is 10.8. The van der Waals surface area contributed by atoms with Gasteiger partial charge in [-0.05, 0) is 43.1 Å². The SMILES string of the molecule is CC(C)C1=CC[C@H](C)C[C@@H]1OC(=O)N1CCC(C(=O)N[C@@H](CC(=O)O)C(=O)COc2c(F)c(F)cc(F)c2F)CC1. The van der Waals surface area contributed by atoms with E-state index in [0.29, 0.717) is 5.92 Å². The van der Waals surface area contributed by atoms with Crippen molar-refractivity contribution >= 4 is 23.8 Å². The van der Waals surface area contributed by atoms with Crippen molar-refractivity contribution in [3.8, 4) is 5.75 Å². The number of Topliss-reactive ketones (excluding diaryl/α,β-unsaturated/α-hetero) is 1. The molecule has 1 saturated heterocycles. The Kier molecular flexibility index (Phi) is 10.7. The van der Waals surface area contributed by atoms with Crippen LogP contribution in [0.25, 0.3) is 0 Å². The number of likely N-dealkylation sites (tertiary alicyclic amines) is 1. The largest absolute Gasteiger partial charge is 0.481 e. The summed E-state index contributed by atoms with van der Waals surface area (Å²) in [6.07, 6.45) is 2.55. The van der Waals surface area contributed by atoms with Crippen molar-refractivity contribution < 1.29 is 51.3 Å². The Morgan fingerprint density at radius 2 is 1.68 bits per heavy atom. The van der Waals surface area contributed by atoms with E-state index >= 15 is 0 Å². The number of ketones is 1. The number of benzene rings is 1. The van der Waals surface area contributed by atoms with Crippen LogP contribution in [-0.4, -0.2) is 65.6 Å². The van der Waals surface area contributed by atoms with Crippen LogP contribution >= 0.6 is 0 Å². The molecule has 1 aromatic rings. The first kappa shape index (κ1) is 31.9. The summed E-state index contributed by atoms with van der Waals surface area (Å²) in [5.41, 5.74) is 1.08. The van der Waals surface area contributed by atoms with Gasteiger partial charge in [0.05, 0.1) is 6.42 Å². The van der Waals surface area contributed by atoms with Gasteiger partial charge in [-0.1, -0.05) is 26.8 Å². The van der Waals surface area contributed by atoms with Crippen LogP contribution in [0.15, 0.2) is 17.7 Å². The predicted molar refractivity (Wildman–Crippen MR) is 137 cm³/mol. The highest BCUT2D eigenvalue weighted by Gasteiger charge is 2.34. The van der Waals surface area contributed by atoms with Crippen molar-refractivity contribution in [2.75, 3.05) is 19.7 Å². The van der Waals surface area contributed by atoms with Gasteiger partial charge in [-0.2, -0.15) is 8.78 Å². The summed E-state index contributed by atoms with van der Waals surface area (Å²) in [4.78, 5) is 51.1. The summed E-state index contributed by atoms with van der Waals surface area (Å²) in [5.74, 6) is -11.9. The summed E-state index contributed by atoms with van der Waals surface area (Å²) in [5, 5.41) is 11.5. The molecule has 0 aromatic heterocycles. The third-order valence-electron chi connectivity index (χ3n) is 7.29. The Hall–Kier alpha value is -3.64. The van der Waals surface area contributed by atoms with Crippen LogP contribution < -0.4 is 10.1 Å². The van der Waals surface area contributed by atoms with E-state index in [-0.39, 0.29) is 44.0 Å². The van der Waals surface area contributed by atoms with Crippen LogP contribution in [0, 0.1) is 41.0 Å². The minimum absolute atomic E-state index is 0.0335. The number of carbonyl (C=O) groups is 4. The van der Waals surface area contributed by atoms with Gasteiger partial charge in [0, 0.05) is 25.1 Å². The molecule has 0 bridgehead atoms. The number of halogens is 4. The van der Waals surface area contributed by atoms with Gasteiger partial charge in [0.1, 0.15) is 18.8 Å². The average molecular weight is 587 g/mol. The zero-order valence-electron chi connectivity index (χ0n) is 23.1. The molecule has 1 aromatic carbocycles. The number of aliphatic carboxylic acids is 1. The lowest BCUT2D eigenvalue weighted by molar-refractivity contribution is -0.141. The summed E-state index contributed by atoms with van der Waals surface area (Å²) in [6, 6.07) is -1.67. The number of carboxylic acid groups (broad SMARTS) is 1. The number of ether oxygens (including phenoxy) is 2. The first-order valence-corrected chi connectivity index (χ1v) is 13.4. The molecule has 41 heavy (non-hydrogen) atoms. The summed E-state index contributed by atoms with van der Waals surface area (Å²) in [7, 11) is 0. The fourth-order valence-electron chi connectivity index (χ4n) is 4.94. The van der Waals surface area contributed by atoms with Gasteiger partial charge in [-0.25, -0.2) is 13.6 Å². The number of nitrogens with zero attached hydrogens (tertiary/aromatic N) is 1. The number of hydrogen-bond donors (Lipinski definition) is 2. The van der Waals surface area contributed by atoms with Crippen molar-refractivity contribution in [2.45, 2.75) is 65.0 Å². The van der Waals surface area contributed by atoms with Gasteiger partial charge >= 0.3 is 12.1 Å². The molecule has 0 radical (unpaired) electrons. The third-order valence-corrected chi connectivity index (χ3v) is 7.29. The molecule has 0 saturated carbocycles. The number of rotatable bonds is 10. The first-order chi connectivity index (χ1) is 19.3. The molecule has 1 aliphatic heterocycles. The van der Waals surface area contributed by atoms with Crippen molar-refractivity contribution in [2.24, 2.45) is 17.8 Å². The van der Waals surface area contributed by atoms with Crippen molar-refractivity contribution in [1.82, 2.24) is 10.2 Å². The van der Waals surface area contributed by atoms with Crippen molar-refractivity contribution in [3.63, 3.8) is 0 Å². The number of carboxylic acids is 1. The maximum absolute atomic E-state index is 13.8. The minimum atomic E-state index is -1.87. The molecular weight excluding hydrogens is 552 g/mol. The van der Waals surface area contributed by atoms with E-state index < -0.39 is 77.8 Å². The van der Waals surface area contributed by atoms with Gasteiger partial charge in [0.25, 0.3) is 0 Å². The van der Waals surface area contributed by atoms with Gasteiger partial charge in [0.2, 0.25) is 17.5 Å². The zero-order valence-corrected chi connectivity index (χ0v) is 23.1. The number of nitrogens with one attached hydrogen (secondary N) is 1. The van der Waals surface area contributed by atoms with Crippen LogP contribution in [0.3, 0.4) is 0 Å². The molecule has 2 amide bonds. The standard InChI is InChI=1S/C28H34F4N2O7/c1-14(2)17-5-4-15(3)10-22(17)41-28(39)34-8-6-16(7-9-34)27(38)33-20(12-23(36)37)21(35)13-40-26-24(31)18(29)11-19(30)25(26)32/h5,11,14-16,20,22H,4,6-10,12-13H2,1-3H3,(H,33,38)(H,36,37)/t15-,20-,22-/m0/s1. The van der Waals surface area contributed by atoms with Crippen LogP contribution in [0.5, 0.6) is 5.75 Å². The zero-order chi connectivity index (χ0) is 30.4. The van der Waals surface area contributed by atoms with Crippen LogP contribution in [-0.2, 0) is 19.1 Å². The third kappa shape index (κ3) is 8.20. The van der Waals surface area contributed by atoms with Crippen LogP contribution in [0.4, 0.5) is 22.4 Å². The van der Waals surface area contributed by atoms with Crippen molar-refractivity contribution in [1.29, 1.82) is 0 Å². The average Bonchev–Trinajstić information content (AvgIpc) is 2.91. The van der Waals surface area contributed by atoms with E-state index in [1.807, 2.05) is 13.8 Å². The molecule has 226 valence electrons. The quantitative estimate of drug-likeness (QED) is 0.237. The highest BCUT2D eigenvalue weighted by molar-refractivity contribution is 5.93. The first-order valence-electron chi connectivity index (χ1n) is 13.4. The molecule has 1 aliphatic carbocycles. The lowest BCUT2D eigenvalue weighted by Crippen LogP contribution is -2.49. The van der Waals surface area contributed by atoms with E-state index in [4.69, 9.17) is 4.74 Å². The smallest absolute Gasteiger partial charge is 0.410 e. The Bertz CT molecular complexity index is 1170. The number of allylic oxidation sites excluding steroid dienone is 1. The Balaban J connectivity index is 1.56. The molecule has 13 heteroatoms. The lowest BCUT2D eigenvalue weighted by Gasteiger charge is -2.35. The van der Waals surface area contributed by atoms with Gasteiger partial charge in [-0.3, -0.25) is 14.4 Å². The maximum atomic E-state index is 13.8. The topological polar surface area (TPSA) is 122 Å². The van der Waals surface area contributed by atoms with E-state index in [1.165, 1.54) is 4.90 Å². The van der Waals surface area contributed by atoms with Gasteiger partial charge in [-0.15, -0.1) is 0 Å². The Morgan fingerprint density at radius 3 is 2.24 bits per heavy atom. The molecule has 0 spiro atoms. The fourth-order valence-corrected chi connectivity index (χ4v) is 4.94. The predicted octanol–water partition coefficient (Wildman–Crippen LogP) is 4.38. The second-order valence-corrected chi connectivity index (χ2v) is 10.8. The molecule has 0 unspecified atom stereocenters. The molecular formula is C28H34F4N2O7. The maximum Gasteiger partial charge on any atom is 0.410 e. The fraction of sp³-hybridized carbons (Fsp3) is 0.571. The monoisotopic (exact) mass is 586 g/mol. The van der Waals surface area contributed by atoms with E-state index in [0.717, 1.165) is 18.4 Å². The molecule has 2 N–H and O–H groups in total. The van der Waals surface area contributed by atoms with E-state index in [1.54, 1.807) is 0 Å². The van der Waals surface area contributed by atoms with Crippen molar-refractivity contribution in [3.05, 3.63) is 41.0 Å². The number of amides is 2. The molecule has 3 atom stereocenters. The van der Waals surface area contributed by atoms with Crippen LogP contribution in [0.2, 0.25) is 0 Å². The normalized spacial score (nSPS) is 20.3. The Labute approximate surface area is 234 Å². The molecule has 1 heterocycles. The van der Waals surface area contributed by atoms with Crippen LogP contribution in [0.1, 0.15) is 52.9 Å². The molecule has 3 rings (SSSR count).